The van der Waals surface area contributed by atoms with Crippen molar-refractivity contribution < 1.29 is 9.53 Å². The molecule has 1 atom stereocenters. The van der Waals surface area contributed by atoms with E-state index in [9.17, 15) is 4.79 Å². The Balaban J connectivity index is 1.42. The van der Waals surface area contributed by atoms with E-state index in [1.807, 2.05) is 23.1 Å². The molecule has 0 bridgehead atoms. The van der Waals surface area contributed by atoms with Crippen LogP contribution < -0.4 is 15.0 Å². The van der Waals surface area contributed by atoms with Crippen molar-refractivity contribution in [1.29, 1.82) is 0 Å². The van der Waals surface area contributed by atoms with Gasteiger partial charge >= 0.3 is 0 Å². The molecule has 2 aliphatic rings. The Morgan fingerprint density at radius 1 is 1.09 bits per heavy atom. The number of carbonyl (C=O) groups excluding carboxylic acids is 1. The molecule has 0 radical (unpaired) electrons. The van der Waals surface area contributed by atoms with Crippen LogP contribution >= 0.6 is 0 Å². The highest BCUT2D eigenvalue weighted by molar-refractivity contribution is 5.94. The van der Waals surface area contributed by atoms with Crippen LogP contribution in [0.25, 0.3) is 10.8 Å². The summed E-state index contributed by atoms with van der Waals surface area (Å²) in [6, 6.07) is 18.7. The lowest BCUT2D eigenvalue weighted by atomic mass is 9.88. The minimum atomic E-state index is 0.114. The van der Waals surface area contributed by atoms with Crippen LogP contribution in [0.2, 0.25) is 0 Å². The number of aromatic nitrogens is 1. The first-order valence-electron chi connectivity index (χ1n) is 13.0. The molecule has 2 heterocycles. The van der Waals surface area contributed by atoms with Gasteiger partial charge in [0, 0.05) is 50.4 Å². The van der Waals surface area contributed by atoms with Crippen LogP contribution in [0.5, 0.6) is 5.75 Å². The van der Waals surface area contributed by atoms with Gasteiger partial charge in [0.2, 0.25) is 5.91 Å². The molecule has 1 amide bonds. The Kier molecular flexibility index (Phi) is 7.60. The molecule has 1 saturated heterocycles. The van der Waals surface area contributed by atoms with E-state index in [1.54, 1.807) is 13.3 Å². The van der Waals surface area contributed by atoms with Gasteiger partial charge in [0.25, 0.3) is 0 Å². The van der Waals surface area contributed by atoms with Gasteiger partial charge in [0.05, 0.1) is 13.2 Å². The van der Waals surface area contributed by atoms with E-state index in [4.69, 9.17) is 4.74 Å². The maximum absolute atomic E-state index is 13.6. The zero-order valence-corrected chi connectivity index (χ0v) is 20.7. The Labute approximate surface area is 208 Å². The first-order chi connectivity index (χ1) is 17.3. The first kappa shape index (κ1) is 23.8. The third-order valence-corrected chi connectivity index (χ3v) is 7.60. The second-order valence-electron chi connectivity index (χ2n) is 9.67. The van der Waals surface area contributed by atoms with Gasteiger partial charge in [0.1, 0.15) is 11.6 Å². The van der Waals surface area contributed by atoms with Crippen molar-refractivity contribution in [3.63, 3.8) is 0 Å². The minimum absolute atomic E-state index is 0.114. The predicted octanol–water partition coefficient (Wildman–Crippen LogP) is 4.80. The summed E-state index contributed by atoms with van der Waals surface area (Å²) in [6.07, 6.45) is 7.30. The molecule has 1 aliphatic heterocycles. The normalized spacial score (nSPS) is 19.5. The van der Waals surface area contributed by atoms with Crippen LogP contribution in [0.3, 0.4) is 0 Å². The lowest BCUT2D eigenvalue weighted by Crippen LogP contribution is -2.50. The van der Waals surface area contributed by atoms with Crippen molar-refractivity contribution >= 4 is 22.5 Å². The van der Waals surface area contributed by atoms with Gasteiger partial charge in [0.15, 0.2) is 0 Å². The number of rotatable bonds is 7. The third-order valence-electron chi connectivity index (χ3n) is 7.60. The van der Waals surface area contributed by atoms with Crippen molar-refractivity contribution in [2.75, 3.05) is 44.7 Å². The van der Waals surface area contributed by atoms with E-state index in [2.05, 4.69) is 51.6 Å². The highest BCUT2D eigenvalue weighted by Gasteiger charge is 2.31. The Bertz CT molecular complexity index is 1130. The molecular weight excluding hydrogens is 436 g/mol. The summed E-state index contributed by atoms with van der Waals surface area (Å²) in [7, 11) is 1.75. The maximum atomic E-state index is 13.6. The number of carbonyl (C=O) groups is 1. The summed E-state index contributed by atoms with van der Waals surface area (Å²) in [5.74, 6) is 2.03. The van der Waals surface area contributed by atoms with Crippen molar-refractivity contribution in [2.24, 2.45) is 5.92 Å². The van der Waals surface area contributed by atoms with Gasteiger partial charge in [-0.2, -0.15) is 0 Å². The Morgan fingerprint density at radius 3 is 2.71 bits per heavy atom. The number of anilines is 1. The fraction of sp³-hybridized carbons (Fsp3) is 0.448. The number of piperazine rings is 1. The SMILES string of the molecule is COc1ccc2ccccc2c1C1CNCCN1CCN(C(=O)C1CCCCC1)c1ccccn1. The highest BCUT2D eigenvalue weighted by atomic mass is 16.5. The van der Waals surface area contributed by atoms with Crippen molar-refractivity contribution in [3.05, 3.63) is 66.4 Å². The van der Waals surface area contributed by atoms with Crippen LogP contribution in [0.15, 0.2) is 60.8 Å². The molecular formula is C29H36N4O2. The fourth-order valence-electron chi connectivity index (χ4n) is 5.75. The number of hydrogen-bond donors (Lipinski definition) is 1. The molecule has 1 unspecified atom stereocenters. The van der Waals surface area contributed by atoms with Gasteiger partial charge in [-0.05, 0) is 41.8 Å². The summed E-state index contributed by atoms with van der Waals surface area (Å²) in [5.41, 5.74) is 1.22. The quantitative estimate of drug-likeness (QED) is 0.535. The van der Waals surface area contributed by atoms with E-state index in [1.165, 1.54) is 22.8 Å². The van der Waals surface area contributed by atoms with Crippen LogP contribution in [0, 0.1) is 5.92 Å². The molecule has 1 aliphatic carbocycles. The number of benzene rings is 2. The van der Waals surface area contributed by atoms with Gasteiger partial charge in [-0.25, -0.2) is 4.98 Å². The van der Waals surface area contributed by atoms with E-state index in [-0.39, 0.29) is 17.9 Å². The average molecular weight is 473 g/mol. The number of hydrogen-bond acceptors (Lipinski definition) is 5. The molecule has 2 aromatic carbocycles. The summed E-state index contributed by atoms with van der Waals surface area (Å²) in [4.78, 5) is 22.6. The molecule has 6 heteroatoms. The van der Waals surface area contributed by atoms with Gasteiger partial charge in [-0.3, -0.25) is 14.6 Å². The van der Waals surface area contributed by atoms with Crippen LogP contribution in [-0.2, 0) is 4.79 Å². The largest absolute Gasteiger partial charge is 0.496 e. The Morgan fingerprint density at radius 2 is 1.91 bits per heavy atom. The standard InChI is InChI=1S/C29H36N4O2/c1-35-26-15-14-22-9-5-6-12-24(22)28(26)25-21-30-17-18-32(25)19-20-33(27-13-7-8-16-31-27)29(34)23-10-3-2-4-11-23/h5-9,12-16,23,25,30H,2-4,10-11,17-21H2,1H3. The maximum Gasteiger partial charge on any atom is 0.231 e. The monoisotopic (exact) mass is 472 g/mol. The number of fused-ring (bicyclic) bond motifs is 1. The predicted molar refractivity (Wildman–Crippen MR) is 141 cm³/mol. The Hall–Kier alpha value is -2.96. The topological polar surface area (TPSA) is 57.7 Å². The van der Waals surface area contributed by atoms with Crippen molar-refractivity contribution in [2.45, 2.75) is 38.1 Å². The summed E-state index contributed by atoms with van der Waals surface area (Å²) >= 11 is 0. The van der Waals surface area contributed by atoms with Gasteiger partial charge in [-0.15, -0.1) is 0 Å². The molecule has 1 N–H and O–H groups in total. The van der Waals surface area contributed by atoms with E-state index >= 15 is 0 Å². The number of methoxy groups -OCH3 is 1. The van der Waals surface area contributed by atoms with E-state index in [0.29, 0.717) is 6.54 Å². The molecule has 184 valence electrons. The molecule has 1 saturated carbocycles. The van der Waals surface area contributed by atoms with Crippen molar-refractivity contribution in [1.82, 2.24) is 15.2 Å². The van der Waals surface area contributed by atoms with Crippen LogP contribution in [0.1, 0.15) is 43.7 Å². The smallest absolute Gasteiger partial charge is 0.231 e. The second-order valence-corrected chi connectivity index (χ2v) is 9.67. The lowest BCUT2D eigenvalue weighted by Gasteiger charge is -2.39. The van der Waals surface area contributed by atoms with Crippen LogP contribution in [0.4, 0.5) is 5.82 Å². The number of nitrogens with one attached hydrogen (secondary N) is 1. The zero-order chi connectivity index (χ0) is 24.0. The van der Waals surface area contributed by atoms with E-state index < -0.39 is 0 Å². The average Bonchev–Trinajstić information content (AvgIpc) is 2.93. The van der Waals surface area contributed by atoms with Gasteiger partial charge in [-0.1, -0.05) is 55.7 Å². The lowest BCUT2D eigenvalue weighted by molar-refractivity contribution is -0.123. The molecule has 2 fully saturated rings. The fourth-order valence-corrected chi connectivity index (χ4v) is 5.75. The zero-order valence-electron chi connectivity index (χ0n) is 20.7. The molecule has 6 nitrogen and oxygen atoms in total. The third kappa shape index (κ3) is 5.19. The number of nitrogens with zero attached hydrogens (tertiary/aromatic N) is 3. The van der Waals surface area contributed by atoms with Crippen LogP contribution in [-0.4, -0.2) is 55.6 Å². The molecule has 0 spiro atoms. The van der Waals surface area contributed by atoms with E-state index in [0.717, 1.165) is 63.4 Å². The summed E-state index contributed by atoms with van der Waals surface area (Å²) in [5, 5.41) is 6.03. The second kappa shape index (κ2) is 11.2. The minimum Gasteiger partial charge on any atom is -0.496 e. The molecule has 35 heavy (non-hydrogen) atoms. The number of ether oxygens (including phenoxy) is 1. The highest BCUT2D eigenvalue weighted by Crippen LogP contribution is 2.36. The number of pyridine rings is 1. The molecule has 3 aromatic rings. The molecule has 5 rings (SSSR count). The summed E-state index contributed by atoms with van der Waals surface area (Å²) in [6.45, 7) is 4.13. The molecule has 1 aromatic heterocycles. The number of amides is 1. The summed E-state index contributed by atoms with van der Waals surface area (Å²) < 4.78 is 5.84. The van der Waals surface area contributed by atoms with Crippen molar-refractivity contribution in [3.8, 4) is 5.75 Å². The van der Waals surface area contributed by atoms with Gasteiger partial charge < -0.3 is 10.1 Å². The first-order valence-corrected chi connectivity index (χ1v) is 13.0.